The minimum atomic E-state index is -3.23. The minimum absolute atomic E-state index is 0.0745. The topological polar surface area (TPSA) is 93.5 Å². The third-order valence-corrected chi connectivity index (χ3v) is 6.20. The lowest BCUT2D eigenvalue weighted by molar-refractivity contribution is -0.132. The Labute approximate surface area is 136 Å². The number of carbonyl (C=O) groups is 1. The molecule has 0 unspecified atom stereocenters. The van der Waals surface area contributed by atoms with E-state index in [1.807, 2.05) is 0 Å². The Balaban J connectivity index is 2.17. The van der Waals surface area contributed by atoms with Crippen molar-refractivity contribution in [3.8, 4) is 0 Å². The van der Waals surface area contributed by atoms with Crippen LogP contribution in [0.4, 0.5) is 0 Å². The van der Waals surface area contributed by atoms with Gasteiger partial charge in [-0.1, -0.05) is 0 Å². The fourth-order valence-corrected chi connectivity index (χ4v) is 3.97. The molecule has 1 N–H and O–H groups in total. The van der Waals surface area contributed by atoms with E-state index in [1.165, 1.54) is 4.31 Å². The molecule has 8 nitrogen and oxygen atoms in total. The van der Waals surface area contributed by atoms with Crippen LogP contribution < -0.4 is 5.32 Å². The molecule has 1 aromatic rings. The molecule has 1 aliphatic rings. The number of carbonyl (C=O) groups excluding carboxylic acids is 1. The first-order chi connectivity index (χ1) is 11.0. The number of hydrogen-bond acceptors (Lipinski definition) is 5. The first-order valence-corrected chi connectivity index (χ1v) is 9.30. The summed E-state index contributed by atoms with van der Waals surface area (Å²) in [6.07, 6.45) is 5.82. The quantitative estimate of drug-likeness (QED) is 0.691. The van der Waals surface area contributed by atoms with Crippen molar-refractivity contribution >= 4 is 15.9 Å². The van der Waals surface area contributed by atoms with Crippen molar-refractivity contribution in [3.05, 3.63) is 18.7 Å². The molecule has 0 saturated carbocycles. The van der Waals surface area contributed by atoms with Crippen LogP contribution in [0.15, 0.2) is 18.7 Å². The van der Waals surface area contributed by atoms with Gasteiger partial charge in [-0.15, -0.1) is 0 Å². The molecule has 0 atom stereocenters. The third-order valence-electron chi connectivity index (χ3n) is 4.32. The summed E-state index contributed by atoms with van der Waals surface area (Å²) in [5.41, 5.74) is -0.802. The maximum atomic E-state index is 12.7. The van der Waals surface area contributed by atoms with Crippen molar-refractivity contribution in [2.75, 3.05) is 39.1 Å². The fraction of sp³-hybridized carbons (Fsp3) is 0.714. The molecule has 1 saturated heterocycles. The number of ether oxygens (including phenoxy) is 1. The molecule has 2 heterocycles. The highest BCUT2D eigenvalue weighted by atomic mass is 32.2. The number of aromatic nitrogens is 2. The Morgan fingerprint density at radius 2 is 2.09 bits per heavy atom. The zero-order valence-corrected chi connectivity index (χ0v) is 14.4. The molecule has 130 valence electrons. The van der Waals surface area contributed by atoms with Gasteiger partial charge in [-0.05, 0) is 19.8 Å². The van der Waals surface area contributed by atoms with Crippen LogP contribution in [0.5, 0.6) is 0 Å². The lowest BCUT2D eigenvalue weighted by atomic mass is 9.87. The Hall–Kier alpha value is -1.45. The van der Waals surface area contributed by atoms with Gasteiger partial charge in [0, 0.05) is 39.1 Å². The second-order valence-corrected chi connectivity index (χ2v) is 7.81. The number of nitrogens with zero attached hydrogens (tertiary/aromatic N) is 3. The molecule has 1 aromatic heterocycles. The molecule has 2 rings (SSSR count). The number of piperidine rings is 1. The van der Waals surface area contributed by atoms with Crippen LogP contribution in [0.1, 0.15) is 19.8 Å². The zero-order valence-electron chi connectivity index (χ0n) is 13.6. The smallest absolute Gasteiger partial charge is 0.246 e. The van der Waals surface area contributed by atoms with Crippen LogP contribution in [-0.4, -0.2) is 67.3 Å². The van der Waals surface area contributed by atoms with Crippen molar-refractivity contribution in [1.29, 1.82) is 0 Å². The predicted octanol–water partition coefficient (Wildman–Crippen LogP) is -0.213. The standard InChI is InChI=1S/C14H24N4O4S/c1-3-23(20,21)18-8-4-14(5-9-18,17-10-6-15-12-17)13(19)16-7-11-22-2/h6,10,12H,3-5,7-9,11H2,1-2H3,(H,16,19). The zero-order chi connectivity index (χ0) is 16.9. The molecule has 0 aromatic carbocycles. The second kappa shape index (κ2) is 7.41. The number of imidazole rings is 1. The predicted molar refractivity (Wildman–Crippen MR) is 85.4 cm³/mol. The van der Waals surface area contributed by atoms with Crippen molar-refractivity contribution in [2.45, 2.75) is 25.3 Å². The van der Waals surface area contributed by atoms with Gasteiger partial charge >= 0.3 is 0 Å². The molecule has 1 amide bonds. The molecule has 1 aliphatic heterocycles. The summed E-state index contributed by atoms with van der Waals surface area (Å²) in [7, 11) is -1.65. The van der Waals surface area contributed by atoms with Gasteiger partial charge in [-0.3, -0.25) is 4.79 Å². The highest BCUT2D eigenvalue weighted by molar-refractivity contribution is 7.89. The average molecular weight is 344 g/mol. The van der Waals surface area contributed by atoms with Crippen molar-refractivity contribution in [2.24, 2.45) is 0 Å². The molecule has 9 heteroatoms. The van der Waals surface area contributed by atoms with E-state index in [9.17, 15) is 13.2 Å². The maximum Gasteiger partial charge on any atom is 0.246 e. The van der Waals surface area contributed by atoms with Crippen LogP contribution in [0.2, 0.25) is 0 Å². The number of rotatable bonds is 7. The van der Waals surface area contributed by atoms with E-state index in [2.05, 4.69) is 10.3 Å². The average Bonchev–Trinajstić information content (AvgIpc) is 3.10. The van der Waals surface area contributed by atoms with Gasteiger partial charge in [0.25, 0.3) is 0 Å². The third kappa shape index (κ3) is 3.73. The molecular formula is C14H24N4O4S. The minimum Gasteiger partial charge on any atom is -0.383 e. The second-order valence-electron chi connectivity index (χ2n) is 5.55. The van der Waals surface area contributed by atoms with Gasteiger partial charge in [-0.25, -0.2) is 17.7 Å². The van der Waals surface area contributed by atoms with E-state index >= 15 is 0 Å². The van der Waals surface area contributed by atoms with Crippen LogP contribution in [0.3, 0.4) is 0 Å². The van der Waals surface area contributed by atoms with Gasteiger partial charge in [0.15, 0.2) is 0 Å². The van der Waals surface area contributed by atoms with Gasteiger partial charge < -0.3 is 14.6 Å². The van der Waals surface area contributed by atoms with Crippen LogP contribution in [0.25, 0.3) is 0 Å². The molecule has 1 fully saturated rings. The summed E-state index contributed by atoms with van der Waals surface area (Å²) in [5.74, 6) is -0.0495. The maximum absolute atomic E-state index is 12.7. The monoisotopic (exact) mass is 344 g/mol. The Morgan fingerprint density at radius 1 is 1.39 bits per heavy atom. The largest absolute Gasteiger partial charge is 0.383 e. The number of sulfonamides is 1. The lowest BCUT2D eigenvalue weighted by Crippen LogP contribution is -2.56. The van der Waals surface area contributed by atoms with E-state index in [0.29, 0.717) is 39.1 Å². The molecule has 0 aliphatic carbocycles. The summed E-state index contributed by atoms with van der Waals surface area (Å²) >= 11 is 0. The van der Waals surface area contributed by atoms with Gasteiger partial charge in [-0.2, -0.15) is 0 Å². The summed E-state index contributed by atoms with van der Waals surface area (Å²) in [4.78, 5) is 16.8. The van der Waals surface area contributed by atoms with Crippen LogP contribution in [0, 0.1) is 0 Å². The van der Waals surface area contributed by atoms with Crippen molar-refractivity contribution in [3.63, 3.8) is 0 Å². The highest BCUT2D eigenvalue weighted by Gasteiger charge is 2.44. The molecule has 0 spiro atoms. The Bertz CT molecular complexity index is 607. The summed E-state index contributed by atoms with van der Waals surface area (Å²) < 4.78 is 32.2. The summed E-state index contributed by atoms with van der Waals surface area (Å²) in [6, 6.07) is 0. The van der Waals surface area contributed by atoms with Gasteiger partial charge in [0.1, 0.15) is 5.54 Å². The number of amides is 1. The molecule has 23 heavy (non-hydrogen) atoms. The molecular weight excluding hydrogens is 320 g/mol. The van der Waals surface area contributed by atoms with Gasteiger partial charge in [0.05, 0.1) is 18.7 Å². The number of nitrogens with one attached hydrogen (secondary N) is 1. The van der Waals surface area contributed by atoms with E-state index in [4.69, 9.17) is 4.74 Å². The lowest BCUT2D eigenvalue weighted by Gasteiger charge is -2.40. The SMILES string of the molecule is CCS(=O)(=O)N1CCC(C(=O)NCCOC)(n2ccnc2)CC1. The normalized spacial score (nSPS) is 18.7. The summed E-state index contributed by atoms with van der Waals surface area (Å²) in [5, 5.41) is 2.87. The molecule has 0 radical (unpaired) electrons. The highest BCUT2D eigenvalue weighted by Crippen LogP contribution is 2.31. The first kappa shape index (κ1) is 17.9. The summed E-state index contributed by atoms with van der Waals surface area (Å²) in [6.45, 7) is 3.13. The number of hydrogen-bond donors (Lipinski definition) is 1. The van der Waals surface area contributed by atoms with Crippen LogP contribution >= 0.6 is 0 Å². The fourth-order valence-electron chi connectivity index (χ4n) is 2.86. The first-order valence-electron chi connectivity index (χ1n) is 7.70. The van der Waals surface area contributed by atoms with Crippen molar-refractivity contribution < 1.29 is 17.9 Å². The van der Waals surface area contributed by atoms with E-state index in [-0.39, 0.29) is 11.7 Å². The van der Waals surface area contributed by atoms with Gasteiger partial charge in [0.2, 0.25) is 15.9 Å². The van der Waals surface area contributed by atoms with Crippen molar-refractivity contribution in [1.82, 2.24) is 19.2 Å². The van der Waals surface area contributed by atoms with E-state index < -0.39 is 15.6 Å². The Morgan fingerprint density at radius 3 is 2.61 bits per heavy atom. The van der Waals surface area contributed by atoms with Crippen LogP contribution in [-0.2, 0) is 25.1 Å². The van der Waals surface area contributed by atoms with E-state index in [0.717, 1.165) is 0 Å². The Kier molecular flexibility index (Phi) is 5.77. The number of methoxy groups -OCH3 is 1. The molecule has 0 bridgehead atoms. The van der Waals surface area contributed by atoms with E-state index in [1.54, 1.807) is 37.3 Å².